The normalized spacial score (nSPS) is 19.4. The maximum atomic E-state index is 13.9. The van der Waals surface area contributed by atoms with E-state index in [1.165, 1.54) is 0 Å². The molecule has 0 aromatic heterocycles. The number of carbonyl (C=O) groups excluding carboxylic acids is 3. The summed E-state index contributed by atoms with van der Waals surface area (Å²) >= 11 is 0. The van der Waals surface area contributed by atoms with E-state index in [0.29, 0.717) is 25.9 Å². The molecule has 5 rings (SSSR count). The minimum Gasteiger partial charge on any atom is -0.497 e. The van der Waals surface area contributed by atoms with Crippen molar-refractivity contribution in [1.82, 2.24) is 25.1 Å². The first kappa shape index (κ1) is 27.2. The lowest BCUT2D eigenvalue weighted by Crippen LogP contribution is -2.76. The van der Waals surface area contributed by atoms with Crippen LogP contribution < -0.4 is 10.1 Å². The Labute approximate surface area is 234 Å². The number of hydrazine groups is 1. The van der Waals surface area contributed by atoms with Crippen LogP contribution in [0.1, 0.15) is 16.7 Å². The Morgan fingerprint density at radius 2 is 1.55 bits per heavy atom. The molecule has 0 unspecified atom stereocenters. The zero-order valence-electron chi connectivity index (χ0n) is 22.9. The number of hydrogen-bond donors (Lipinski definition) is 1. The number of carbonyl (C=O) groups is 3. The predicted molar refractivity (Wildman–Crippen MR) is 151 cm³/mol. The number of benzene rings is 3. The van der Waals surface area contributed by atoms with Gasteiger partial charge in [-0.3, -0.25) is 9.59 Å². The molecule has 2 atom stereocenters. The highest BCUT2D eigenvalue weighted by Crippen LogP contribution is 2.28. The van der Waals surface area contributed by atoms with Gasteiger partial charge in [0.15, 0.2) is 0 Å². The van der Waals surface area contributed by atoms with Gasteiger partial charge in [-0.15, -0.1) is 0 Å². The van der Waals surface area contributed by atoms with E-state index >= 15 is 0 Å². The summed E-state index contributed by atoms with van der Waals surface area (Å²) in [5, 5.41) is 6.24. The van der Waals surface area contributed by atoms with Crippen LogP contribution >= 0.6 is 0 Å². The molecule has 0 bridgehead atoms. The van der Waals surface area contributed by atoms with Gasteiger partial charge in [-0.05, 0) is 35.2 Å². The van der Waals surface area contributed by atoms with Crippen LogP contribution in [0, 0.1) is 0 Å². The van der Waals surface area contributed by atoms with Gasteiger partial charge in [-0.2, -0.15) is 0 Å². The molecule has 3 aromatic rings. The van der Waals surface area contributed by atoms with E-state index in [4.69, 9.17) is 4.74 Å². The smallest absolute Gasteiger partial charge is 0.334 e. The van der Waals surface area contributed by atoms with Crippen molar-refractivity contribution in [2.45, 2.75) is 31.6 Å². The predicted octanol–water partition coefficient (Wildman–Crippen LogP) is 2.92. The van der Waals surface area contributed by atoms with Crippen molar-refractivity contribution in [2.24, 2.45) is 0 Å². The average molecular weight is 542 g/mol. The lowest BCUT2D eigenvalue weighted by molar-refractivity contribution is -0.186. The summed E-state index contributed by atoms with van der Waals surface area (Å²) in [6, 6.07) is 26.2. The van der Waals surface area contributed by atoms with Crippen LogP contribution in [0.15, 0.2) is 84.9 Å². The van der Waals surface area contributed by atoms with Gasteiger partial charge in [0.25, 0.3) is 0 Å². The molecule has 3 aromatic carbocycles. The van der Waals surface area contributed by atoms with E-state index < -0.39 is 12.2 Å². The Balaban J connectivity index is 1.40. The van der Waals surface area contributed by atoms with Crippen LogP contribution in [0.3, 0.4) is 0 Å². The van der Waals surface area contributed by atoms with Crippen LogP contribution in [-0.2, 0) is 29.0 Å². The van der Waals surface area contributed by atoms with Gasteiger partial charge in [0.05, 0.1) is 20.2 Å². The molecule has 1 N–H and O–H groups in total. The van der Waals surface area contributed by atoms with Crippen molar-refractivity contribution >= 4 is 17.8 Å². The zero-order valence-corrected chi connectivity index (χ0v) is 22.9. The quantitative estimate of drug-likeness (QED) is 0.474. The fourth-order valence-electron chi connectivity index (χ4n) is 5.45. The summed E-state index contributed by atoms with van der Waals surface area (Å²) in [6.45, 7) is 1.07. The van der Waals surface area contributed by atoms with Crippen molar-refractivity contribution in [3.05, 3.63) is 102 Å². The molecule has 0 saturated carbocycles. The van der Waals surface area contributed by atoms with Crippen molar-refractivity contribution < 1.29 is 19.1 Å². The molecule has 0 spiro atoms. The Morgan fingerprint density at radius 3 is 2.20 bits per heavy atom. The highest BCUT2D eigenvalue weighted by atomic mass is 16.5. The van der Waals surface area contributed by atoms with Gasteiger partial charge in [-0.1, -0.05) is 72.8 Å². The monoisotopic (exact) mass is 541 g/mol. The molecule has 4 amide bonds. The molecule has 40 heavy (non-hydrogen) atoms. The van der Waals surface area contributed by atoms with Crippen molar-refractivity contribution in [1.29, 1.82) is 0 Å². The maximum absolute atomic E-state index is 13.9. The number of urea groups is 1. The fraction of sp³-hybridized carbons (Fsp3) is 0.323. The SMILES string of the molecule is COc1ccc(CCN2C[C@H]3N(C(=O)CN(C)N3C(=O)NCc3ccccc3)[C@@H](Cc3ccccc3)C2=O)cc1. The minimum atomic E-state index is -0.706. The van der Waals surface area contributed by atoms with E-state index in [1.54, 1.807) is 34.0 Å². The number of amides is 4. The van der Waals surface area contributed by atoms with Gasteiger partial charge >= 0.3 is 6.03 Å². The van der Waals surface area contributed by atoms with Gasteiger partial charge in [0.1, 0.15) is 18.0 Å². The largest absolute Gasteiger partial charge is 0.497 e. The summed E-state index contributed by atoms with van der Waals surface area (Å²) in [5.41, 5.74) is 3.01. The summed E-state index contributed by atoms with van der Waals surface area (Å²) in [4.78, 5) is 44.3. The standard InChI is InChI=1S/C31H35N5O4/c1-33-22-29(37)35-27(19-24-9-5-3-6-10-24)30(38)34(18-17-23-13-15-26(40-2)16-14-23)21-28(35)36(33)31(39)32-20-25-11-7-4-8-12-25/h3-16,27-28H,17-22H2,1-2H3,(H,32,39)/t27-,28-/m0/s1. The number of methoxy groups -OCH3 is 1. The molecule has 0 radical (unpaired) electrons. The Bertz CT molecular complexity index is 1320. The topological polar surface area (TPSA) is 85.4 Å². The third kappa shape index (κ3) is 5.94. The zero-order chi connectivity index (χ0) is 28.1. The first-order chi connectivity index (χ1) is 19.4. The molecular weight excluding hydrogens is 506 g/mol. The molecule has 9 heteroatoms. The second-order valence-electron chi connectivity index (χ2n) is 10.2. The molecule has 2 fully saturated rings. The van der Waals surface area contributed by atoms with Crippen LogP contribution in [-0.4, -0.2) is 83.7 Å². The summed E-state index contributed by atoms with van der Waals surface area (Å²) in [5.74, 6) is 0.511. The van der Waals surface area contributed by atoms with E-state index in [9.17, 15) is 14.4 Å². The summed E-state index contributed by atoms with van der Waals surface area (Å²) in [7, 11) is 3.37. The van der Waals surface area contributed by atoms with Crippen LogP contribution in [0.4, 0.5) is 4.79 Å². The second-order valence-corrected chi connectivity index (χ2v) is 10.2. The number of nitrogens with zero attached hydrogens (tertiary/aromatic N) is 4. The highest BCUT2D eigenvalue weighted by molar-refractivity contribution is 5.91. The third-order valence-electron chi connectivity index (χ3n) is 7.54. The number of ether oxygens (including phenoxy) is 1. The molecule has 208 valence electrons. The van der Waals surface area contributed by atoms with Crippen LogP contribution in [0.2, 0.25) is 0 Å². The number of rotatable bonds is 8. The number of hydrogen-bond acceptors (Lipinski definition) is 5. The van der Waals surface area contributed by atoms with Crippen LogP contribution in [0.5, 0.6) is 5.75 Å². The lowest BCUT2D eigenvalue weighted by atomic mass is 9.98. The molecule has 0 aliphatic carbocycles. The first-order valence-electron chi connectivity index (χ1n) is 13.5. The molecule has 2 saturated heterocycles. The molecule has 2 heterocycles. The van der Waals surface area contributed by atoms with Crippen LogP contribution in [0.25, 0.3) is 0 Å². The number of fused-ring (bicyclic) bond motifs is 1. The van der Waals surface area contributed by atoms with E-state index in [-0.39, 0.29) is 30.9 Å². The van der Waals surface area contributed by atoms with E-state index in [2.05, 4.69) is 5.32 Å². The van der Waals surface area contributed by atoms with Gasteiger partial charge in [0, 0.05) is 26.6 Å². The maximum Gasteiger partial charge on any atom is 0.334 e. The van der Waals surface area contributed by atoms with E-state index in [1.807, 2.05) is 84.9 Å². The fourth-order valence-corrected chi connectivity index (χ4v) is 5.45. The first-order valence-corrected chi connectivity index (χ1v) is 13.5. The summed E-state index contributed by atoms with van der Waals surface area (Å²) < 4.78 is 5.26. The van der Waals surface area contributed by atoms with Crippen molar-refractivity contribution in [3.63, 3.8) is 0 Å². The highest BCUT2D eigenvalue weighted by Gasteiger charge is 2.50. The second kappa shape index (κ2) is 12.2. The van der Waals surface area contributed by atoms with Gasteiger partial charge in [0.2, 0.25) is 11.8 Å². The van der Waals surface area contributed by atoms with Crippen molar-refractivity contribution in [3.8, 4) is 5.75 Å². The lowest BCUT2D eigenvalue weighted by Gasteiger charge is -2.54. The molecule has 2 aliphatic heterocycles. The number of nitrogens with one attached hydrogen (secondary N) is 1. The van der Waals surface area contributed by atoms with Gasteiger partial charge < -0.3 is 19.9 Å². The van der Waals surface area contributed by atoms with E-state index in [0.717, 1.165) is 22.4 Å². The minimum absolute atomic E-state index is 0.0136. The number of likely N-dealkylation sites (N-methyl/N-ethyl adjacent to an activating group) is 1. The number of piperazine rings is 1. The molecular formula is C31H35N5O4. The Morgan fingerprint density at radius 1 is 0.900 bits per heavy atom. The van der Waals surface area contributed by atoms with Crippen molar-refractivity contribution in [2.75, 3.05) is 33.8 Å². The molecule has 2 aliphatic rings. The van der Waals surface area contributed by atoms with Gasteiger partial charge in [-0.25, -0.2) is 14.8 Å². The summed E-state index contributed by atoms with van der Waals surface area (Å²) in [6.07, 6.45) is 0.401. The third-order valence-corrected chi connectivity index (χ3v) is 7.54. The average Bonchev–Trinajstić information content (AvgIpc) is 2.98. The Kier molecular flexibility index (Phi) is 8.31. The molecule has 9 nitrogen and oxygen atoms in total. The Hall–Kier alpha value is -4.37.